The van der Waals surface area contributed by atoms with Crippen LogP contribution in [0.1, 0.15) is 29.8 Å². The lowest BCUT2D eigenvalue weighted by atomic mass is 10.1. The highest BCUT2D eigenvalue weighted by atomic mass is 16.5. The monoisotopic (exact) mass is 261 g/mol. The molecule has 1 aromatic heterocycles. The van der Waals surface area contributed by atoms with Crippen molar-refractivity contribution in [2.24, 2.45) is 5.92 Å². The lowest BCUT2D eigenvalue weighted by Crippen LogP contribution is -2.42. The van der Waals surface area contributed by atoms with E-state index in [0.29, 0.717) is 6.61 Å². The molecular formula is C14H19N3O2. The molecule has 0 spiro atoms. The normalized spacial score (nSPS) is 25.5. The van der Waals surface area contributed by atoms with Gasteiger partial charge in [0.1, 0.15) is 0 Å². The first-order chi connectivity index (χ1) is 9.33. The van der Waals surface area contributed by atoms with Crippen LogP contribution >= 0.6 is 0 Å². The van der Waals surface area contributed by atoms with Crippen LogP contribution in [-0.2, 0) is 35.5 Å². The van der Waals surface area contributed by atoms with Crippen molar-refractivity contribution in [3.8, 4) is 0 Å². The van der Waals surface area contributed by atoms with Crippen LogP contribution in [0.5, 0.6) is 0 Å². The third-order valence-corrected chi connectivity index (χ3v) is 4.60. The highest BCUT2D eigenvalue weighted by molar-refractivity contribution is 5.79. The molecule has 0 bridgehead atoms. The van der Waals surface area contributed by atoms with Gasteiger partial charge in [-0.2, -0.15) is 5.10 Å². The van der Waals surface area contributed by atoms with Gasteiger partial charge in [0.05, 0.1) is 37.0 Å². The van der Waals surface area contributed by atoms with Crippen LogP contribution in [-0.4, -0.2) is 40.3 Å². The molecule has 1 amide bonds. The van der Waals surface area contributed by atoms with Crippen LogP contribution in [0.4, 0.5) is 0 Å². The summed E-state index contributed by atoms with van der Waals surface area (Å²) in [4.78, 5) is 14.5. The van der Waals surface area contributed by atoms with E-state index in [9.17, 15) is 4.79 Å². The summed E-state index contributed by atoms with van der Waals surface area (Å²) in [7, 11) is 0. The zero-order valence-electron chi connectivity index (χ0n) is 11.1. The highest BCUT2D eigenvalue weighted by Gasteiger charge is 2.32. The maximum atomic E-state index is 12.4. The molecule has 5 heteroatoms. The fourth-order valence-corrected chi connectivity index (χ4v) is 3.52. The van der Waals surface area contributed by atoms with Gasteiger partial charge in [0.15, 0.2) is 0 Å². The molecule has 5 nitrogen and oxygen atoms in total. The van der Waals surface area contributed by atoms with Gasteiger partial charge in [-0.25, -0.2) is 0 Å². The number of rotatable bonds is 1. The summed E-state index contributed by atoms with van der Waals surface area (Å²) in [5.74, 6) is 0.360. The van der Waals surface area contributed by atoms with E-state index in [-0.39, 0.29) is 11.8 Å². The number of carbonyl (C=O) groups is 1. The molecule has 0 N–H and O–H groups in total. The van der Waals surface area contributed by atoms with E-state index in [1.54, 1.807) is 0 Å². The van der Waals surface area contributed by atoms with Gasteiger partial charge >= 0.3 is 0 Å². The van der Waals surface area contributed by atoms with E-state index < -0.39 is 0 Å². The Bertz CT molecular complexity index is 517. The van der Waals surface area contributed by atoms with Crippen molar-refractivity contribution in [1.82, 2.24) is 14.7 Å². The molecule has 2 aliphatic heterocycles. The van der Waals surface area contributed by atoms with Crippen molar-refractivity contribution in [3.05, 3.63) is 17.0 Å². The highest BCUT2D eigenvalue weighted by Crippen LogP contribution is 2.28. The summed E-state index contributed by atoms with van der Waals surface area (Å²) in [6.07, 6.45) is 4.35. The molecule has 1 aromatic rings. The lowest BCUT2D eigenvalue weighted by Gasteiger charge is -2.30. The van der Waals surface area contributed by atoms with Crippen LogP contribution in [0, 0.1) is 5.92 Å². The molecule has 0 saturated carbocycles. The van der Waals surface area contributed by atoms with Crippen molar-refractivity contribution < 1.29 is 9.53 Å². The number of aryl methyl sites for hydroxylation is 1. The fourth-order valence-electron chi connectivity index (χ4n) is 3.52. The Hall–Kier alpha value is -1.36. The zero-order valence-corrected chi connectivity index (χ0v) is 11.1. The first-order valence-electron chi connectivity index (χ1n) is 7.27. The molecule has 102 valence electrons. The van der Waals surface area contributed by atoms with Gasteiger partial charge in [-0.15, -0.1) is 0 Å². The van der Waals surface area contributed by atoms with E-state index >= 15 is 0 Å². The Morgan fingerprint density at radius 3 is 3.11 bits per heavy atom. The summed E-state index contributed by atoms with van der Waals surface area (Å²) in [5.41, 5.74) is 3.97. The van der Waals surface area contributed by atoms with E-state index in [4.69, 9.17) is 4.74 Å². The van der Waals surface area contributed by atoms with Gasteiger partial charge in [-0.1, -0.05) is 0 Å². The number of fused-ring (bicyclic) bond motifs is 3. The van der Waals surface area contributed by atoms with Crippen molar-refractivity contribution in [3.63, 3.8) is 0 Å². The summed E-state index contributed by atoms with van der Waals surface area (Å²) in [6, 6.07) is 0. The minimum atomic E-state index is 0.0857. The van der Waals surface area contributed by atoms with Gasteiger partial charge < -0.3 is 9.64 Å². The molecule has 0 aromatic carbocycles. The van der Waals surface area contributed by atoms with E-state index in [1.807, 2.05) is 4.90 Å². The summed E-state index contributed by atoms with van der Waals surface area (Å²) >= 11 is 0. The van der Waals surface area contributed by atoms with E-state index in [1.165, 1.54) is 23.4 Å². The largest absolute Gasteiger partial charge is 0.381 e. The molecular weight excluding hydrogens is 242 g/mol. The van der Waals surface area contributed by atoms with E-state index in [0.717, 1.165) is 45.5 Å². The predicted octanol–water partition coefficient (Wildman–Crippen LogP) is 0.750. The number of amides is 1. The smallest absolute Gasteiger partial charge is 0.228 e. The average Bonchev–Trinajstić information content (AvgIpc) is 3.14. The minimum absolute atomic E-state index is 0.0857. The molecule has 1 aliphatic carbocycles. The van der Waals surface area contributed by atoms with Gasteiger partial charge in [-0.05, 0) is 31.2 Å². The topological polar surface area (TPSA) is 47.4 Å². The van der Waals surface area contributed by atoms with Gasteiger partial charge in [0.2, 0.25) is 5.91 Å². The van der Waals surface area contributed by atoms with Crippen LogP contribution < -0.4 is 0 Å². The Kier molecular flexibility index (Phi) is 2.62. The summed E-state index contributed by atoms with van der Waals surface area (Å²) < 4.78 is 7.46. The number of nitrogens with zero attached hydrogens (tertiary/aromatic N) is 3. The quantitative estimate of drug-likeness (QED) is 0.749. The summed E-state index contributed by atoms with van der Waals surface area (Å²) in [6.45, 7) is 3.73. The number of carbonyl (C=O) groups excluding carboxylic acids is 1. The molecule has 1 fully saturated rings. The Morgan fingerprint density at radius 1 is 1.32 bits per heavy atom. The summed E-state index contributed by atoms with van der Waals surface area (Å²) in [5, 5.41) is 4.68. The maximum absolute atomic E-state index is 12.4. The number of ether oxygens (including phenoxy) is 1. The first-order valence-corrected chi connectivity index (χ1v) is 7.27. The molecule has 3 heterocycles. The van der Waals surface area contributed by atoms with Crippen LogP contribution in [0.15, 0.2) is 0 Å². The Morgan fingerprint density at radius 2 is 2.26 bits per heavy atom. The average molecular weight is 261 g/mol. The molecule has 0 radical (unpaired) electrons. The van der Waals surface area contributed by atoms with Crippen LogP contribution in [0.25, 0.3) is 0 Å². The Balaban J connectivity index is 1.56. The van der Waals surface area contributed by atoms with E-state index in [2.05, 4.69) is 9.78 Å². The van der Waals surface area contributed by atoms with Crippen LogP contribution in [0.3, 0.4) is 0 Å². The standard InChI is InChI=1S/C14H19N3O2/c18-14(10-4-7-19-9-10)16-5-6-17-13(8-16)11-2-1-3-12(11)15-17/h10H,1-9H2/t10-/m0/s1. The van der Waals surface area contributed by atoms with Crippen molar-refractivity contribution in [2.75, 3.05) is 19.8 Å². The number of hydrogen-bond donors (Lipinski definition) is 0. The first kappa shape index (κ1) is 11.5. The van der Waals surface area contributed by atoms with Crippen LogP contribution in [0.2, 0.25) is 0 Å². The molecule has 1 saturated heterocycles. The minimum Gasteiger partial charge on any atom is -0.381 e. The molecule has 0 unspecified atom stereocenters. The maximum Gasteiger partial charge on any atom is 0.228 e. The lowest BCUT2D eigenvalue weighted by molar-refractivity contribution is -0.137. The fraction of sp³-hybridized carbons (Fsp3) is 0.714. The molecule has 3 aliphatic rings. The van der Waals surface area contributed by atoms with Gasteiger partial charge in [0, 0.05) is 13.2 Å². The van der Waals surface area contributed by atoms with Crippen molar-refractivity contribution in [2.45, 2.75) is 38.8 Å². The molecule has 4 rings (SSSR count). The second-order valence-electron chi connectivity index (χ2n) is 5.77. The van der Waals surface area contributed by atoms with Gasteiger partial charge in [-0.3, -0.25) is 9.48 Å². The third-order valence-electron chi connectivity index (χ3n) is 4.60. The van der Waals surface area contributed by atoms with Crippen molar-refractivity contribution in [1.29, 1.82) is 0 Å². The Labute approximate surface area is 112 Å². The van der Waals surface area contributed by atoms with Crippen molar-refractivity contribution >= 4 is 5.91 Å². The second kappa shape index (κ2) is 4.34. The number of hydrogen-bond acceptors (Lipinski definition) is 3. The molecule has 19 heavy (non-hydrogen) atoms. The second-order valence-corrected chi connectivity index (χ2v) is 5.77. The predicted molar refractivity (Wildman–Crippen MR) is 68.6 cm³/mol. The SMILES string of the molecule is O=C([C@H]1CCOC1)N1CCn2nc3c(c2C1)CCC3. The third kappa shape index (κ3) is 1.79. The zero-order chi connectivity index (χ0) is 12.8. The number of aromatic nitrogens is 2. The van der Waals surface area contributed by atoms with Gasteiger partial charge in [0.25, 0.3) is 0 Å². The molecule has 1 atom stereocenters.